The Morgan fingerprint density at radius 1 is 0.967 bits per heavy atom. The van der Waals surface area contributed by atoms with Crippen molar-refractivity contribution in [2.75, 3.05) is 12.4 Å². The van der Waals surface area contributed by atoms with E-state index in [1.165, 1.54) is 10.3 Å². The molecule has 0 aliphatic heterocycles. The van der Waals surface area contributed by atoms with Crippen molar-refractivity contribution in [1.29, 1.82) is 0 Å². The van der Waals surface area contributed by atoms with Gasteiger partial charge < -0.3 is 10.2 Å². The van der Waals surface area contributed by atoms with Crippen LogP contribution in [0, 0.1) is 0 Å². The molecule has 0 saturated heterocycles. The molecule has 0 fully saturated rings. The van der Waals surface area contributed by atoms with Gasteiger partial charge in [0, 0.05) is 25.7 Å². The van der Waals surface area contributed by atoms with Crippen LogP contribution < -0.4 is 5.32 Å². The molecule has 30 heavy (non-hydrogen) atoms. The van der Waals surface area contributed by atoms with Crippen LogP contribution in [-0.4, -0.2) is 28.9 Å². The van der Waals surface area contributed by atoms with Crippen LogP contribution in [0.25, 0.3) is 10.2 Å². The van der Waals surface area contributed by atoms with E-state index in [9.17, 15) is 4.79 Å². The first-order chi connectivity index (χ1) is 14.6. The monoisotopic (exact) mass is 415 g/mol. The van der Waals surface area contributed by atoms with Gasteiger partial charge in [-0.25, -0.2) is 4.98 Å². The van der Waals surface area contributed by atoms with Crippen molar-refractivity contribution in [3.05, 3.63) is 95.0 Å². The van der Waals surface area contributed by atoms with Gasteiger partial charge in [-0.05, 0) is 42.3 Å². The summed E-state index contributed by atoms with van der Waals surface area (Å²) in [6, 6.07) is 26.2. The van der Waals surface area contributed by atoms with Crippen LogP contribution in [0.1, 0.15) is 23.1 Å². The van der Waals surface area contributed by atoms with E-state index in [1.807, 2.05) is 68.6 Å². The Balaban J connectivity index is 1.34. The zero-order valence-electron chi connectivity index (χ0n) is 17.2. The van der Waals surface area contributed by atoms with Crippen molar-refractivity contribution in [3.63, 3.8) is 0 Å². The van der Waals surface area contributed by atoms with Gasteiger partial charge in [0.15, 0.2) is 0 Å². The normalized spacial score (nSPS) is 11.9. The number of carbonyl (C=O) groups excluding carboxylic acids is 1. The molecular weight excluding hydrogens is 390 g/mol. The molecule has 0 saturated carbocycles. The molecule has 1 amide bonds. The lowest BCUT2D eigenvalue weighted by molar-refractivity contribution is -0.130. The lowest BCUT2D eigenvalue weighted by atomic mass is 10.1. The molecule has 3 aromatic carbocycles. The van der Waals surface area contributed by atoms with E-state index in [2.05, 4.69) is 29.6 Å². The van der Waals surface area contributed by atoms with Crippen LogP contribution in [0.3, 0.4) is 0 Å². The van der Waals surface area contributed by atoms with E-state index in [1.54, 1.807) is 16.2 Å². The Morgan fingerprint density at radius 3 is 2.40 bits per heavy atom. The minimum atomic E-state index is -0.297. The largest absolute Gasteiger partial charge is 0.374 e. The number of rotatable bonds is 7. The summed E-state index contributed by atoms with van der Waals surface area (Å²) in [5.41, 5.74) is 4.33. The van der Waals surface area contributed by atoms with Gasteiger partial charge in [0.25, 0.3) is 0 Å². The van der Waals surface area contributed by atoms with E-state index in [-0.39, 0.29) is 11.9 Å². The summed E-state index contributed by atoms with van der Waals surface area (Å²) in [6.07, 6.45) is 0.813. The standard InChI is InChI=1S/C25H25N3OS/c1-18(25(29)28(2)17-20-8-4-3-5-9-20)26-21-14-12-19(13-15-21)16-24-27-22-10-6-7-11-23(22)30-24/h3-15,18,26H,16-17H2,1-2H3/t18-/m0/s1. The third-order valence-corrected chi connectivity index (χ3v) is 6.08. The summed E-state index contributed by atoms with van der Waals surface area (Å²) >= 11 is 1.74. The van der Waals surface area contributed by atoms with Gasteiger partial charge in [-0.1, -0.05) is 54.6 Å². The zero-order valence-corrected chi connectivity index (χ0v) is 18.0. The maximum absolute atomic E-state index is 12.7. The molecule has 5 heteroatoms. The Bertz CT molecular complexity index is 1090. The summed E-state index contributed by atoms with van der Waals surface area (Å²) in [4.78, 5) is 19.2. The molecule has 152 valence electrons. The topological polar surface area (TPSA) is 45.2 Å². The number of anilines is 1. The number of amides is 1. The van der Waals surface area contributed by atoms with Gasteiger partial charge in [0.2, 0.25) is 5.91 Å². The Hall–Kier alpha value is -3.18. The highest BCUT2D eigenvalue weighted by atomic mass is 32.1. The third kappa shape index (κ3) is 4.86. The van der Waals surface area contributed by atoms with Crippen LogP contribution in [0.15, 0.2) is 78.9 Å². The lowest BCUT2D eigenvalue weighted by Gasteiger charge is -2.23. The van der Waals surface area contributed by atoms with E-state index >= 15 is 0 Å². The molecule has 1 heterocycles. The van der Waals surface area contributed by atoms with Crippen molar-refractivity contribution in [1.82, 2.24) is 9.88 Å². The number of carbonyl (C=O) groups is 1. The molecule has 0 unspecified atom stereocenters. The number of aromatic nitrogens is 1. The average molecular weight is 416 g/mol. The molecule has 1 atom stereocenters. The Morgan fingerprint density at radius 2 is 1.67 bits per heavy atom. The molecule has 1 N–H and O–H groups in total. The molecule has 4 rings (SSSR count). The second-order valence-corrected chi connectivity index (χ2v) is 8.61. The van der Waals surface area contributed by atoms with E-state index in [0.29, 0.717) is 6.54 Å². The third-order valence-electron chi connectivity index (χ3n) is 5.04. The van der Waals surface area contributed by atoms with Gasteiger partial charge in [0.05, 0.1) is 15.2 Å². The number of likely N-dealkylation sites (N-methyl/N-ethyl adjacent to an activating group) is 1. The SMILES string of the molecule is C[C@H](Nc1ccc(Cc2nc3ccccc3s2)cc1)C(=O)N(C)Cc1ccccc1. The maximum atomic E-state index is 12.7. The lowest BCUT2D eigenvalue weighted by Crippen LogP contribution is -2.38. The fourth-order valence-corrected chi connectivity index (χ4v) is 4.47. The molecular formula is C25H25N3OS. The highest BCUT2D eigenvalue weighted by Crippen LogP contribution is 2.24. The van der Waals surface area contributed by atoms with Crippen LogP contribution in [0.5, 0.6) is 0 Å². The number of para-hydroxylation sites is 1. The maximum Gasteiger partial charge on any atom is 0.244 e. The number of benzene rings is 3. The number of nitrogens with one attached hydrogen (secondary N) is 1. The van der Waals surface area contributed by atoms with Crippen molar-refractivity contribution in [3.8, 4) is 0 Å². The predicted octanol–water partition coefficient (Wildman–Crippen LogP) is 5.35. The first-order valence-electron chi connectivity index (χ1n) is 10.1. The molecule has 1 aromatic heterocycles. The smallest absolute Gasteiger partial charge is 0.244 e. The summed E-state index contributed by atoms with van der Waals surface area (Å²) in [6.45, 7) is 2.51. The molecule has 0 aliphatic rings. The highest BCUT2D eigenvalue weighted by Gasteiger charge is 2.17. The predicted molar refractivity (Wildman–Crippen MR) is 125 cm³/mol. The van der Waals surface area contributed by atoms with E-state index < -0.39 is 0 Å². The molecule has 0 bridgehead atoms. The van der Waals surface area contributed by atoms with Crippen molar-refractivity contribution < 1.29 is 4.79 Å². The first-order valence-corrected chi connectivity index (χ1v) is 10.9. The molecule has 0 spiro atoms. The number of nitrogens with zero attached hydrogens (tertiary/aromatic N) is 2. The summed E-state index contributed by atoms with van der Waals surface area (Å²) < 4.78 is 1.22. The summed E-state index contributed by atoms with van der Waals surface area (Å²) in [7, 11) is 1.84. The van der Waals surface area contributed by atoms with Crippen LogP contribution in [0.4, 0.5) is 5.69 Å². The van der Waals surface area contributed by atoms with Crippen LogP contribution in [0.2, 0.25) is 0 Å². The summed E-state index contributed by atoms with van der Waals surface area (Å²) in [5.74, 6) is 0.0670. The van der Waals surface area contributed by atoms with Crippen LogP contribution in [-0.2, 0) is 17.8 Å². The van der Waals surface area contributed by atoms with Gasteiger partial charge in [-0.15, -0.1) is 11.3 Å². The molecule has 0 aliphatic carbocycles. The number of fused-ring (bicyclic) bond motifs is 1. The Labute approximate surface area is 181 Å². The van der Waals surface area contributed by atoms with E-state index in [0.717, 1.165) is 28.2 Å². The van der Waals surface area contributed by atoms with Gasteiger partial charge >= 0.3 is 0 Å². The second-order valence-electron chi connectivity index (χ2n) is 7.49. The molecule has 0 radical (unpaired) electrons. The molecule has 4 nitrogen and oxygen atoms in total. The minimum absolute atomic E-state index is 0.0670. The second kappa shape index (κ2) is 9.09. The van der Waals surface area contributed by atoms with Crippen LogP contribution >= 0.6 is 11.3 Å². The van der Waals surface area contributed by atoms with Gasteiger partial charge in [0.1, 0.15) is 6.04 Å². The quantitative estimate of drug-likeness (QED) is 0.443. The van der Waals surface area contributed by atoms with E-state index in [4.69, 9.17) is 4.98 Å². The van der Waals surface area contributed by atoms with Crippen molar-refractivity contribution in [2.45, 2.75) is 25.9 Å². The van der Waals surface area contributed by atoms with Crippen molar-refractivity contribution in [2.24, 2.45) is 0 Å². The van der Waals surface area contributed by atoms with Crippen molar-refractivity contribution >= 4 is 33.1 Å². The summed E-state index contributed by atoms with van der Waals surface area (Å²) in [5, 5.41) is 4.43. The number of thiazole rings is 1. The first kappa shape index (κ1) is 20.1. The van der Waals surface area contributed by atoms with Gasteiger partial charge in [-0.3, -0.25) is 4.79 Å². The Kier molecular flexibility index (Phi) is 6.10. The number of hydrogen-bond donors (Lipinski definition) is 1. The average Bonchev–Trinajstić information content (AvgIpc) is 3.17. The van der Waals surface area contributed by atoms with Gasteiger partial charge in [-0.2, -0.15) is 0 Å². The number of hydrogen-bond acceptors (Lipinski definition) is 4. The fourth-order valence-electron chi connectivity index (χ4n) is 3.47. The highest BCUT2D eigenvalue weighted by molar-refractivity contribution is 7.18. The zero-order chi connectivity index (χ0) is 20.9. The fraction of sp³-hybridized carbons (Fsp3) is 0.200. The minimum Gasteiger partial charge on any atom is -0.374 e. The molecule has 4 aromatic rings.